The van der Waals surface area contributed by atoms with Crippen molar-refractivity contribution in [1.82, 2.24) is 19.7 Å². The number of fused-ring (bicyclic) bond motifs is 1. The Labute approximate surface area is 163 Å². The van der Waals surface area contributed by atoms with Crippen molar-refractivity contribution in [1.29, 1.82) is 0 Å². The summed E-state index contributed by atoms with van der Waals surface area (Å²) in [6.07, 6.45) is 0.742. The van der Waals surface area contributed by atoms with Gasteiger partial charge in [0, 0.05) is 18.8 Å². The number of amides is 1. The number of carbonyl (C=O) groups is 1. The maximum atomic E-state index is 13.3. The van der Waals surface area contributed by atoms with E-state index in [-0.39, 0.29) is 5.91 Å². The van der Waals surface area contributed by atoms with E-state index in [0.717, 1.165) is 34.6 Å². The van der Waals surface area contributed by atoms with Crippen LogP contribution < -0.4 is 4.74 Å². The second kappa shape index (κ2) is 7.59. The van der Waals surface area contributed by atoms with E-state index in [1.54, 1.807) is 11.8 Å². The zero-order chi connectivity index (χ0) is 19.7. The zero-order valence-electron chi connectivity index (χ0n) is 16.4. The molecular weight excluding hydrogens is 356 g/mol. The molecule has 7 nitrogen and oxygen atoms in total. The first kappa shape index (κ1) is 18.4. The number of ether oxygens (including phenoxy) is 2. The van der Waals surface area contributed by atoms with Crippen molar-refractivity contribution < 1.29 is 14.3 Å². The number of rotatable bonds is 4. The van der Waals surface area contributed by atoms with Crippen LogP contribution >= 0.6 is 0 Å². The molecule has 3 heterocycles. The van der Waals surface area contributed by atoms with Crippen molar-refractivity contribution in [2.45, 2.75) is 20.3 Å². The van der Waals surface area contributed by atoms with Crippen molar-refractivity contribution in [3.05, 3.63) is 47.3 Å². The second-order valence-corrected chi connectivity index (χ2v) is 6.81. The molecule has 4 rings (SSSR count). The van der Waals surface area contributed by atoms with E-state index in [0.29, 0.717) is 37.5 Å². The number of morpholine rings is 1. The molecule has 1 aromatic carbocycles. The molecule has 146 valence electrons. The second-order valence-electron chi connectivity index (χ2n) is 6.81. The van der Waals surface area contributed by atoms with Crippen molar-refractivity contribution in [3.63, 3.8) is 0 Å². The molecule has 0 unspecified atom stereocenters. The van der Waals surface area contributed by atoms with Gasteiger partial charge in [-0.05, 0) is 43.7 Å². The summed E-state index contributed by atoms with van der Waals surface area (Å²) in [6.45, 7) is 6.32. The van der Waals surface area contributed by atoms with Gasteiger partial charge in [0.05, 0.1) is 42.7 Å². The maximum absolute atomic E-state index is 13.3. The van der Waals surface area contributed by atoms with Gasteiger partial charge in [-0.3, -0.25) is 4.79 Å². The van der Waals surface area contributed by atoms with E-state index in [1.807, 2.05) is 49.1 Å². The summed E-state index contributed by atoms with van der Waals surface area (Å²) in [5.74, 6) is 0.796. The molecule has 0 spiro atoms. The van der Waals surface area contributed by atoms with E-state index in [1.165, 1.54) is 0 Å². The minimum atomic E-state index is 0.0165. The first-order valence-corrected chi connectivity index (χ1v) is 9.53. The Morgan fingerprint density at radius 2 is 1.93 bits per heavy atom. The van der Waals surface area contributed by atoms with Crippen molar-refractivity contribution in [2.75, 3.05) is 33.4 Å². The minimum absolute atomic E-state index is 0.0165. The quantitative estimate of drug-likeness (QED) is 0.696. The topological polar surface area (TPSA) is 69.5 Å². The Bertz CT molecular complexity index is 1000. The molecule has 0 radical (unpaired) electrons. The highest BCUT2D eigenvalue weighted by molar-refractivity contribution is 6.06. The molecule has 3 aromatic rings. The van der Waals surface area contributed by atoms with Crippen LogP contribution in [0.25, 0.3) is 16.7 Å². The zero-order valence-corrected chi connectivity index (χ0v) is 16.4. The van der Waals surface area contributed by atoms with Crippen LogP contribution in [0.4, 0.5) is 0 Å². The van der Waals surface area contributed by atoms with Gasteiger partial charge < -0.3 is 14.4 Å². The largest absolute Gasteiger partial charge is 0.497 e. The van der Waals surface area contributed by atoms with Gasteiger partial charge in [0.1, 0.15) is 5.75 Å². The van der Waals surface area contributed by atoms with Crippen LogP contribution in [0.1, 0.15) is 28.7 Å². The highest BCUT2D eigenvalue weighted by atomic mass is 16.5. The van der Waals surface area contributed by atoms with Gasteiger partial charge in [-0.25, -0.2) is 9.67 Å². The fourth-order valence-corrected chi connectivity index (χ4v) is 3.53. The number of aryl methyl sites for hydroxylation is 2. The SMILES string of the molecule is CCc1cc(C(=O)N2CCOCC2)c2c(C)nn(-c3ccc(OC)cc3)c2n1. The van der Waals surface area contributed by atoms with Crippen molar-refractivity contribution in [2.24, 2.45) is 0 Å². The third kappa shape index (κ3) is 3.22. The molecule has 0 aliphatic carbocycles. The highest BCUT2D eigenvalue weighted by Gasteiger charge is 2.25. The van der Waals surface area contributed by atoms with Gasteiger partial charge in [-0.15, -0.1) is 0 Å². The first-order chi connectivity index (χ1) is 13.6. The van der Waals surface area contributed by atoms with Crippen LogP contribution in [0.5, 0.6) is 5.75 Å². The minimum Gasteiger partial charge on any atom is -0.497 e. The molecule has 0 saturated carbocycles. The van der Waals surface area contributed by atoms with Crippen LogP contribution in [0.2, 0.25) is 0 Å². The van der Waals surface area contributed by atoms with Gasteiger partial charge in [0.25, 0.3) is 5.91 Å². The summed E-state index contributed by atoms with van der Waals surface area (Å²) < 4.78 is 12.4. The number of carbonyl (C=O) groups excluding carboxylic acids is 1. The smallest absolute Gasteiger partial charge is 0.254 e. The van der Waals surface area contributed by atoms with E-state index in [2.05, 4.69) is 0 Å². The fourth-order valence-electron chi connectivity index (χ4n) is 3.53. The van der Waals surface area contributed by atoms with E-state index in [9.17, 15) is 4.79 Å². The van der Waals surface area contributed by atoms with Gasteiger partial charge in [0.2, 0.25) is 0 Å². The number of hydrogen-bond donors (Lipinski definition) is 0. The summed E-state index contributed by atoms with van der Waals surface area (Å²) >= 11 is 0. The predicted molar refractivity (Wildman–Crippen MR) is 106 cm³/mol. The maximum Gasteiger partial charge on any atom is 0.254 e. The molecule has 0 N–H and O–H groups in total. The molecular formula is C21H24N4O3. The normalized spacial score (nSPS) is 14.5. The van der Waals surface area contributed by atoms with Gasteiger partial charge >= 0.3 is 0 Å². The Balaban J connectivity index is 1.86. The monoisotopic (exact) mass is 380 g/mol. The summed E-state index contributed by atoms with van der Waals surface area (Å²) in [5.41, 5.74) is 3.92. The number of aromatic nitrogens is 3. The fraction of sp³-hybridized carbons (Fsp3) is 0.381. The van der Waals surface area contributed by atoms with E-state index in [4.69, 9.17) is 19.6 Å². The Morgan fingerprint density at radius 3 is 2.57 bits per heavy atom. The molecule has 1 aliphatic rings. The van der Waals surface area contributed by atoms with Crippen LogP contribution in [0.15, 0.2) is 30.3 Å². The molecule has 1 fully saturated rings. The third-order valence-corrected chi connectivity index (χ3v) is 5.07. The van der Waals surface area contributed by atoms with Crippen molar-refractivity contribution in [3.8, 4) is 11.4 Å². The molecule has 1 saturated heterocycles. The summed E-state index contributed by atoms with van der Waals surface area (Å²) in [5, 5.41) is 5.51. The van der Waals surface area contributed by atoms with Gasteiger partial charge in [0.15, 0.2) is 5.65 Å². The Hall–Kier alpha value is -2.93. The summed E-state index contributed by atoms with van der Waals surface area (Å²) in [4.78, 5) is 19.9. The number of benzene rings is 1. The lowest BCUT2D eigenvalue weighted by Gasteiger charge is -2.27. The lowest BCUT2D eigenvalue weighted by atomic mass is 10.1. The molecule has 0 bridgehead atoms. The van der Waals surface area contributed by atoms with Gasteiger partial charge in [-0.2, -0.15) is 5.10 Å². The summed E-state index contributed by atoms with van der Waals surface area (Å²) in [7, 11) is 1.64. The van der Waals surface area contributed by atoms with Crippen LogP contribution in [-0.4, -0.2) is 59.0 Å². The molecule has 1 aliphatic heterocycles. The Morgan fingerprint density at radius 1 is 1.21 bits per heavy atom. The third-order valence-electron chi connectivity index (χ3n) is 5.07. The average Bonchev–Trinajstić information content (AvgIpc) is 3.09. The molecule has 0 atom stereocenters. The molecule has 7 heteroatoms. The van der Waals surface area contributed by atoms with Gasteiger partial charge in [-0.1, -0.05) is 6.92 Å². The molecule has 28 heavy (non-hydrogen) atoms. The Kier molecular flexibility index (Phi) is 5.00. The number of methoxy groups -OCH3 is 1. The standard InChI is InChI=1S/C21H24N4O3/c1-4-15-13-18(21(26)24-9-11-28-12-10-24)19-14(2)23-25(20(19)22-15)16-5-7-17(27-3)8-6-16/h5-8,13H,4,9-12H2,1-3H3. The number of pyridine rings is 1. The van der Waals surface area contributed by atoms with Crippen molar-refractivity contribution >= 4 is 16.9 Å². The lowest BCUT2D eigenvalue weighted by Crippen LogP contribution is -2.40. The summed E-state index contributed by atoms with van der Waals surface area (Å²) in [6, 6.07) is 9.57. The van der Waals surface area contributed by atoms with Crippen LogP contribution in [0.3, 0.4) is 0 Å². The highest BCUT2D eigenvalue weighted by Crippen LogP contribution is 2.27. The first-order valence-electron chi connectivity index (χ1n) is 9.53. The van der Waals surface area contributed by atoms with E-state index >= 15 is 0 Å². The number of nitrogens with zero attached hydrogens (tertiary/aromatic N) is 4. The van der Waals surface area contributed by atoms with Crippen LogP contribution in [0, 0.1) is 6.92 Å². The predicted octanol–water partition coefficient (Wildman–Crippen LogP) is 2.77. The molecule has 1 amide bonds. The number of hydrogen-bond acceptors (Lipinski definition) is 5. The lowest BCUT2D eigenvalue weighted by molar-refractivity contribution is 0.0304. The average molecular weight is 380 g/mol. The van der Waals surface area contributed by atoms with Crippen LogP contribution in [-0.2, 0) is 11.2 Å². The van der Waals surface area contributed by atoms with E-state index < -0.39 is 0 Å². The molecule has 2 aromatic heterocycles.